The molecule has 0 spiro atoms. The summed E-state index contributed by atoms with van der Waals surface area (Å²) in [4.78, 5) is 6.84. The molecule has 192 valence electrons. The van der Waals surface area contributed by atoms with E-state index in [0.29, 0.717) is 25.1 Å². The lowest BCUT2D eigenvalue weighted by atomic mass is 9.84. The molecule has 0 saturated carbocycles. The standard InChI is InChI=1S/C27H31N7O3/c28-26-25-22(23-4-7-30-33(23)21-5-10-35-11-6-21)15-24(34(25)31-18-29-26)19-2-1-3-20(14-19)27(16-37-17-27)32-8-12-36-13-9-32/h1-4,7,14-15,18,21H,5-6,8-13,16-17H2,(H2,28,29,31). The minimum Gasteiger partial charge on any atom is -0.382 e. The molecule has 3 aliphatic rings. The van der Waals surface area contributed by atoms with Gasteiger partial charge in [-0.25, -0.2) is 9.50 Å². The Labute approximate surface area is 214 Å². The number of ether oxygens (including phenoxy) is 3. The predicted octanol–water partition coefficient (Wildman–Crippen LogP) is 2.75. The number of nitrogens with zero attached hydrogens (tertiary/aromatic N) is 6. The van der Waals surface area contributed by atoms with Gasteiger partial charge < -0.3 is 19.9 Å². The maximum absolute atomic E-state index is 6.45. The fourth-order valence-electron chi connectivity index (χ4n) is 6.00. The van der Waals surface area contributed by atoms with Gasteiger partial charge in [0.15, 0.2) is 5.82 Å². The van der Waals surface area contributed by atoms with E-state index < -0.39 is 0 Å². The monoisotopic (exact) mass is 501 g/mol. The SMILES string of the molecule is Nc1ncnn2c(-c3cccc(C4(N5CCOCC5)COC4)c3)cc(-c3ccnn3C3CCOCC3)c12. The van der Waals surface area contributed by atoms with Gasteiger partial charge in [-0.3, -0.25) is 9.58 Å². The van der Waals surface area contributed by atoms with Crippen molar-refractivity contribution in [1.82, 2.24) is 29.3 Å². The molecule has 0 amide bonds. The summed E-state index contributed by atoms with van der Waals surface area (Å²) >= 11 is 0. The van der Waals surface area contributed by atoms with Gasteiger partial charge >= 0.3 is 0 Å². The van der Waals surface area contributed by atoms with Crippen molar-refractivity contribution in [3.8, 4) is 22.5 Å². The second-order valence-corrected chi connectivity index (χ2v) is 10.1. The van der Waals surface area contributed by atoms with Crippen LogP contribution in [-0.4, -0.2) is 82.0 Å². The number of hydrogen-bond donors (Lipinski definition) is 1. The van der Waals surface area contributed by atoms with Crippen molar-refractivity contribution in [2.24, 2.45) is 0 Å². The first-order valence-corrected chi connectivity index (χ1v) is 13.0. The molecule has 37 heavy (non-hydrogen) atoms. The summed E-state index contributed by atoms with van der Waals surface area (Å²) in [6, 6.07) is 13.3. The van der Waals surface area contributed by atoms with Gasteiger partial charge in [-0.1, -0.05) is 18.2 Å². The Morgan fingerprint density at radius 3 is 2.49 bits per heavy atom. The van der Waals surface area contributed by atoms with Crippen LogP contribution in [-0.2, 0) is 19.7 Å². The van der Waals surface area contributed by atoms with Gasteiger partial charge in [0.05, 0.1) is 49.4 Å². The van der Waals surface area contributed by atoms with Crippen LogP contribution in [0.15, 0.2) is 48.9 Å². The molecule has 0 radical (unpaired) electrons. The van der Waals surface area contributed by atoms with Crippen LogP contribution < -0.4 is 5.73 Å². The molecule has 0 unspecified atom stereocenters. The van der Waals surface area contributed by atoms with Crippen LogP contribution in [0.2, 0.25) is 0 Å². The zero-order valence-electron chi connectivity index (χ0n) is 20.8. The van der Waals surface area contributed by atoms with Crippen molar-refractivity contribution in [3.63, 3.8) is 0 Å². The van der Waals surface area contributed by atoms with Crippen molar-refractivity contribution in [1.29, 1.82) is 0 Å². The first kappa shape index (κ1) is 22.9. The van der Waals surface area contributed by atoms with Crippen molar-refractivity contribution in [2.45, 2.75) is 24.4 Å². The maximum atomic E-state index is 6.45. The number of aromatic nitrogens is 5. The van der Waals surface area contributed by atoms with Crippen molar-refractivity contribution < 1.29 is 14.2 Å². The molecule has 7 rings (SSSR count). The largest absolute Gasteiger partial charge is 0.382 e. The number of anilines is 1. The summed E-state index contributed by atoms with van der Waals surface area (Å²) in [5.41, 5.74) is 12.4. The number of fused-ring (bicyclic) bond motifs is 1. The van der Waals surface area contributed by atoms with Crippen LogP contribution in [0, 0.1) is 0 Å². The summed E-state index contributed by atoms with van der Waals surface area (Å²) in [7, 11) is 0. The highest BCUT2D eigenvalue weighted by Crippen LogP contribution is 2.40. The van der Waals surface area contributed by atoms with Gasteiger partial charge in [-0.05, 0) is 36.6 Å². The second-order valence-electron chi connectivity index (χ2n) is 10.1. The van der Waals surface area contributed by atoms with Gasteiger partial charge in [0.2, 0.25) is 0 Å². The van der Waals surface area contributed by atoms with E-state index in [4.69, 9.17) is 25.0 Å². The number of hydrogen-bond acceptors (Lipinski definition) is 8. The number of nitrogens with two attached hydrogens (primary N) is 1. The minimum atomic E-state index is -0.120. The Bertz CT molecular complexity index is 1410. The highest BCUT2D eigenvalue weighted by atomic mass is 16.5. The van der Waals surface area contributed by atoms with Crippen molar-refractivity contribution >= 4 is 11.3 Å². The Hall–Kier alpha value is -3.31. The zero-order valence-corrected chi connectivity index (χ0v) is 20.8. The average molecular weight is 502 g/mol. The van der Waals surface area contributed by atoms with E-state index in [0.717, 1.165) is 80.4 Å². The fraction of sp³-hybridized carbons (Fsp3) is 0.444. The molecule has 0 atom stereocenters. The van der Waals surface area contributed by atoms with Gasteiger partial charge in [0.25, 0.3) is 0 Å². The molecule has 1 aromatic carbocycles. The first-order chi connectivity index (χ1) is 18.2. The van der Waals surface area contributed by atoms with Crippen LogP contribution in [0.4, 0.5) is 5.82 Å². The topological polar surface area (TPSA) is 105 Å². The lowest BCUT2D eigenvalue weighted by molar-refractivity contribution is -0.166. The molecule has 3 fully saturated rings. The van der Waals surface area contributed by atoms with E-state index >= 15 is 0 Å². The third kappa shape index (κ3) is 3.74. The molecule has 0 bridgehead atoms. The van der Waals surface area contributed by atoms with Crippen LogP contribution in [0.3, 0.4) is 0 Å². The highest BCUT2D eigenvalue weighted by molar-refractivity contribution is 5.91. The Morgan fingerprint density at radius 2 is 1.70 bits per heavy atom. The summed E-state index contributed by atoms with van der Waals surface area (Å²) < 4.78 is 21.0. The summed E-state index contributed by atoms with van der Waals surface area (Å²) in [5, 5.41) is 9.32. The smallest absolute Gasteiger partial charge is 0.152 e. The molecule has 3 aliphatic heterocycles. The van der Waals surface area contributed by atoms with E-state index in [9.17, 15) is 0 Å². The third-order valence-corrected chi connectivity index (χ3v) is 8.06. The Morgan fingerprint density at radius 1 is 0.892 bits per heavy atom. The van der Waals surface area contributed by atoms with Crippen LogP contribution in [0.25, 0.3) is 28.0 Å². The normalized spacial score (nSPS) is 20.8. The maximum Gasteiger partial charge on any atom is 0.152 e. The van der Waals surface area contributed by atoms with Gasteiger partial charge in [0, 0.05) is 43.6 Å². The van der Waals surface area contributed by atoms with E-state index in [1.807, 2.05) is 10.7 Å². The predicted molar refractivity (Wildman–Crippen MR) is 138 cm³/mol. The number of nitrogen functional groups attached to an aromatic ring is 1. The summed E-state index contributed by atoms with van der Waals surface area (Å²) in [6.07, 6.45) is 5.25. The number of benzene rings is 1. The molecular formula is C27H31N7O3. The molecular weight excluding hydrogens is 470 g/mol. The van der Waals surface area contributed by atoms with E-state index in [1.54, 1.807) is 0 Å². The minimum absolute atomic E-state index is 0.120. The third-order valence-electron chi connectivity index (χ3n) is 8.06. The lowest BCUT2D eigenvalue weighted by Crippen LogP contribution is -2.62. The summed E-state index contributed by atoms with van der Waals surface area (Å²) in [6.45, 7) is 6.20. The molecule has 10 heteroatoms. The fourth-order valence-corrected chi connectivity index (χ4v) is 6.00. The van der Waals surface area contributed by atoms with Crippen molar-refractivity contribution in [3.05, 3.63) is 54.5 Å². The lowest BCUT2D eigenvalue weighted by Gasteiger charge is -2.51. The number of rotatable bonds is 5. The van der Waals surface area contributed by atoms with Gasteiger partial charge in [-0.15, -0.1) is 0 Å². The second kappa shape index (κ2) is 9.21. The Balaban J connectivity index is 1.34. The van der Waals surface area contributed by atoms with Crippen molar-refractivity contribution in [2.75, 3.05) is 58.5 Å². The van der Waals surface area contributed by atoms with Crippen LogP contribution in [0.1, 0.15) is 24.4 Å². The van der Waals surface area contributed by atoms with Gasteiger partial charge in [0.1, 0.15) is 11.8 Å². The molecule has 0 aliphatic carbocycles. The highest BCUT2D eigenvalue weighted by Gasteiger charge is 2.46. The molecule has 6 heterocycles. The van der Waals surface area contributed by atoms with Crippen LogP contribution in [0.5, 0.6) is 0 Å². The van der Waals surface area contributed by atoms with Crippen LogP contribution >= 0.6 is 0 Å². The van der Waals surface area contributed by atoms with E-state index in [1.165, 1.54) is 11.9 Å². The zero-order chi connectivity index (χ0) is 24.8. The molecule has 3 saturated heterocycles. The summed E-state index contributed by atoms with van der Waals surface area (Å²) in [5.74, 6) is 0.448. The molecule has 4 aromatic rings. The molecule has 2 N–H and O–H groups in total. The Kier molecular flexibility index (Phi) is 5.69. The van der Waals surface area contributed by atoms with E-state index in [2.05, 4.69) is 56.1 Å². The first-order valence-electron chi connectivity index (χ1n) is 13.0. The quantitative estimate of drug-likeness (QED) is 0.445. The average Bonchev–Trinajstić information content (AvgIpc) is 3.55. The molecule has 3 aromatic heterocycles. The van der Waals surface area contributed by atoms with E-state index in [-0.39, 0.29) is 5.54 Å². The molecule has 10 nitrogen and oxygen atoms in total. The van der Waals surface area contributed by atoms with Gasteiger partial charge in [-0.2, -0.15) is 10.2 Å². The number of morpholine rings is 1.